The Morgan fingerprint density at radius 2 is 2.11 bits per heavy atom. The van der Waals surface area contributed by atoms with Gasteiger partial charge >= 0.3 is 0 Å². The van der Waals surface area contributed by atoms with Gasteiger partial charge in [-0.1, -0.05) is 48.4 Å². The summed E-state index contributed by atoms with van der Waals surface area (Å²) < 4.78 is 0. The van der Waals surface area contributed by atoms with E-state index in [9.17, 15) is 0 Å². The van der Waals surface area contributed by atoms with Gasteiger partial charge in [0.05, 0.1) is 0 Å². The van der Waals surface area contributed by atoms with Crippen molar-refractivity contribution in [3.05, 3.63) is 12.2 Å². The Morgan fingerprint density at radius 1 is 1.44 bits per heavy atom. The van der Waals surface area contributed by atoms with Gasteiger partial charge < -0.3 is 0 Å². The van der Waals surface area contributed by atoms with Crippen molar-refractivity contribution in [2.75, 3.05) is 0 Å². The fourth-order valence-electron chi connectivity index (χ4n) is 0.568. The summed E-state index contributed by atoms with van der Waals surface area (Å²) in [4.78, 5) is 0.630. The quantitative estimate of drug-likeness (QED) is 0.471. The number of unbranched alkanes of at least 4 members (excludes halogenated alkanes) is 1. The van der Waals surface area contributed by atoms with Crippen LogP contribution in [0.5, 0.6) is 0 Å². The Hall–Kier alpha value is 0.220. The minimum absolute atomic E-state index is 0.630. The molecule has 0 heterocycles. The van der Waals surface area contributed by atoms with Crippen molar-refractivity contribution >= 4 is 15.9 Å². The molecule has 0 rings (SSSR count). The molecule has 0 aliphatic heterocycles. The zero-order chi connectivity index (χ0) is 7.11. The molecular formula is C8H15Br. The Labute approximate surface area is 66.5 Å². The summed E-state index contributed by atoms with van der Waals surface area (Å²) in [5.41, 5.74) is 0. The van der Waals surface area contributed by atoms with Crippen LogP contribution in [0.3, 0.4) is 0 Å². The second kappa shape index (κ2) is 6.34. The van der Waals surface area contributed by atoms with Crippen molar-refractivity contribution in [2.45, 2.75) is 37.9 Å². The van der Waals surface area contributed by atoms with Gasteiger partial charge in [0, 0.05) is 4.83 Å². The second-order valence-electron chi connectivity index (χ2n) is 2.28. The first kappa shape index (κ1) is 9.22. The molecule has 0 fully saturated rings. The average Bonchev–Trinajstić information content (AvgIpc) is 1.80. The van der Waals surface area contributed by atoms with Gasteiger partial charge in [0.1, 0.15) is 0 Å². The van der Waals surface area contributed by atoms with Crippen molar-refractivity contribution in [1.82, 2.24) is 0 Å². The third-order valence-electron chi connectivity index (χ3n) is 1.08. The van der Waals surface area contributed by atoms with Crippen molar-refractivity contribution in [2.24, 2.45) is 0 Å². The fraction of sp³-hybridized carbons (Fsp3) is 0.750. The molecule has 0 spiro atoms. The molecule has 0 aliphatic carbocycles. The molecule has 0 amide bonds. The van der Waals surface area contributed by atoms with E-state index < -0.39 is 0 Å². The van der Waals surface area contributed by atoms with E-state index in [2.05, 4.69) is 41.9 Å². The van der Waals surface area contributed by atoms with E-state index >= 15 is 0 Å². The molecular weight excluding hydrogens is 176 g/mol. The maximum Gasteiger partial charge on any atom is 0.0152 e. The van der Waals surface area contributed by atoms with Crippen molar-refractivity contribution in [1.29, 1.82) is 0 Å². The minimum atomic E-state index is 0.630. The average molecular weight is 191 g/mol. The molecule has 0 saturated carbocycles. The van der Waals surface area contributed by atoms with Crippen LogP contribution in [0.2, 0.25) is 0 Å². The fourth-order valence-corrected chi connectivity index (χ4v) is 0.784. The molecule has 0 aliphatic rings. The lowest BCUT2D eigenvalue weighted by molar-refractivity contribution is 0.936. The molecule has 9 heavy (non-hydrogen) atoms. The van der Waals surface area contributed by atoms with E-state index in [1.807, 2.05) is 0 Å². The Morgan fingerprint density at radius 3 is 2.56 bits per heavy atom. The molecule has 0 aromatic heterocycles. The summed E-state index contributed by atoms with van der Waals surface area (Å²) in [5, 5.41) is 0. The zero-order valence-corrected chi connectivity index (χ0v) is 7.82. The Kier molecular flexibility index (Phi) is 6.50. The molecule has 0 N–H and O–H groups in total. The highest BCUT2D eigenvalue weighted by Crippen LogP contribution is 2.03. The number of hydrogen-bond donors (Lipinski definition) is 0. The largest absolute Gasteiger partial charge is 0.0890 e. The summed E-state index contributed by atoms with van der Waals surface area (Å²) >= 11 is 3.48. The van der Waals surface area contributed by atoms with Gasteiger partial charge in [0.25, 0.3) is 0 Å². The number of halogens is 1. The van der Waals surface area contributed by atoms with E-state index in [0.29, 0.717) is 4.83 Å². The molecule has 0 aromatic carbocycles. The summed E-state index contributed by atoms with van der Waals surface area (Å²) in [6.45, 7) is 4.36. The van der Waals surface area contributed by atoms with E-state index in [0.717, 1.165) is 6.42 Å². The third kappa shape index (κ3) is 8.22. The predicted molar refractivity (Wildman–Crippen MR) is 47.1 cm³/mol. The predicted octanol–water partition coefficient (Wildman–Crippen LogP) is 3.52. The molecule has 0 radical (unpaired) electrons. The van der Waals surface area contributed by atoms with Crippen LogP contribution in [0.1, 0.15) is 33.1 Å². The van der Waals surface area contributed by atoms with Crippen LogP contribution < -0.4 is 0 Å². The maximum absolute atomic E-state index is 3.48. The van der Waals surface area contributed by atoms with Gasteiger partial charge in [-0.3, -0.25) is 0 Å². The third-order valence-corrected chi connectivity index (χ3v) is 1.46. The molecule has 1 heteroatoms. The first-order valence-corrected chi connectivity index (χ1v) is 4.48. The monoisotopic (exact) mass is 190 g/mol. The molecule has 0 aromatic rings. The standard InChI is InChI=1S/C8H15Br/c1-3-4-5-6-7-8(2)9/h5-6,8H,3-4,7H2,1-2H3. The lowest BCUT2D eigenvalue weighted by Gasteiger charge is -1.93. The first-order valence-electron chi connectivity index (χ1n) is 3.56. The van der Waals surface area contributed by atoms with Crippen LogP contribution in [0.4, 0.5) is 0 Å². The lowest BCUT2D eigenvalue weighted by atomic mass is 10.2. The number of alkyl halides is 1. The highest BCUT2D eigenvalue weighted by molar-refractivity contribution is 9.09. The number of allylic oxidation sites excluding steroid dienone is 2. The van der Waals surface area contributed by atoms with Gasteiger partial charge in [0.2, 0.25) is 0 Å². The first-order chi connectivity index (χ1) is 4.27. The maximum atomic E-state index is 3.48. The Bertz CT molecular complexity index is 74.6. The lowest BCUT2D eigenvalue weighted by Crippen LogP contribution is -1.83. The van der Waals surface area contributed by atoms with Gasteiger partial charge in [-0.05, 0) is 12.8 Å². The molecule has 0 nitrogen and oxygen atoms in total. The van der Waals surface area contributed by atoms with Gasteiger partial charge in [-0.25, -0.2) is 0 Å². The van der Waals surface area contributed by atoms with Crippen LogP contribution in [-0.4, -0.2) is 4.83 Å². The van der Waals surface area contributed by atoms with Crippen LogP contribution in [0.25, 0.3) is 0 Å². The normalized spacial score (nSPS) is 14.6. The molecule has 0 bridgehead atoms. The van der Waals surface area contributed by atoms with E-state index in [1.54, 1.807) is 0 Å². The highest BCUT2D eigenvalue weighted by atomic mass is 79.9. The smallest absolute Gasteiger partial charge is 0.0152 e. The minimum Gasteiger partial charge on any atom is -0.0890 e. The van der Waals surface area contributed by atoms with Crippen molar-refractivity contribution in [3.63, 3.8) is 0 Å². The van der Waals surface area contributed by atoms with Crippen LogP contribution in [-0.2, 0) is 0 Å². The van der Waals surface area contributed by atoms with Crippen LogP contribution in [0.15, 0.2) is 12.2 Å². The summed E-state index contributed by atoms with van der Waals surface area (Å²) in [5.74, 6) is 0. The van der Waals surface area contributed by atoms with Crippen LogP contribution in [0, 0.1) is 0 Å². The SMILES string of the molecule is CCCC=CCC(C)Br. The topological polar surface area (TPSA) is 0 Å². The van der Waals surface area contributed by atoms with Crippen LogP contribution >= 0.6 is 15.9 Å². The van der Waals surface area contributed by atoms with Crippen molar-refractivity contribution < 1.29 is 0 Å². The summed E-state index contributed by atoms with van der Waals surface area (Å²) in [6, 6.07) is 0. The Balaban J connectivity index is 3.04. The molecule has 54 valence electrons. The van der Waals surface area contributed by atoms with E-state index in [1.165, 1.54) is 12.8 Å². The van der Waals surface area contributed by atoms with Crippen molar-refractivity contribution in [3.8, 4) is 0 Å². The summed E-state index contributed by atoms with van der Waals surface area (Å²) in [6.07, 6.45) is 8.12. The van der Waals surface area contributed by atoms with E-state index in [-0.39, 0.29) is 0 Å². The summed E-state index contributed by atoms with van der Waals surface area (Å²) in [7, 11) is 0. The second-order valence-corrected chi connectivity index (χ2v) is 3.84. The molecule has 1 unspecified atom stereocenters. The van der Waals surface area contributed by atoms with Gasteiger partial charge in [0.15, 0.2) is 0 Å². The van der Waals surface area contributed by atoms with E-state index in [4.69, 9.17) is 0 Å². The van der Waals surface area contributed by atoms with Gasteiger partial charge in [-0.15, -0.1) is 0 Å². The molecule has 0 saturated heterocycles. The zero-order valence-electron chi connectivity index (χ0n) is 6.23. The number of hydrogen-bond acceptors (Lipinski definition) is 0. The number of rotatable bonds is 4. The highest BCUT2D eigenvalue weighted by Gasteiger charge is 1.87. The molecule has 1 atom stereocenters. The van der Waals surface area contributed by atoms with Gasteiger partial charge in [-0.2, -0.15) is 0 Å².